The molecule has 1 heterocycles. The summed E-state index contributed by atoms with van der Waals surface area (Å²) in [5, 5.41) is 14.6. The third-order valence-corrected chi connectivity index (χ3v) is 2.91. The zero-order valence-electron chi connectivity index (χ0n) is 9.65. The summed E-state index contributed by atoms with van der Waals surface area (Å²) in [6.07, 6.45) is 3.33. The van der Waals surface area contributed by atoms with Crippen molar-refractivity contribution < 1.29 is 4.92 Å². The number of nitro benzene ring substituents is 1. The molecule has 96 valence electrons. The minimum Gasteiger partial charge on any atom is -0.277 e. The molecule has 0 aliphatic rings. The quantitative estimate of drug-likeness (QED) is 0.533. The van der Waals surface area contributed by atoms with Crippen LogP contribution in [0.5, 0.6) is 0 Å². The van der Waals surface area contributed by atoms with Gasteiger partial charge in [0.25, 0.3) is 5.69 Å². The highest BCUT2D eigenvalue weighted by Crippen LogP contribution is 2.16. The second kappa shape index (κ2) is 6.05. The molecule has 0 saturated carbocycles. The molecule has 2 rings (SSSR count). The van der Waals surface area contributed by atoms with Gasteiger partial charge in [-0.1, -0.05) is 0 Å². The van der Waals surface area contributed by atoms with Gasteiger partial charge >= 0.3 is 0 Å². The van der Waals surface area contributed by atoms with Crippen molar-refractivity contribution >= 4 is 31.9 Å². The summed E-state index contributed by atoms with van der Waals surface area (Å²) in [4.78, 5) is 14.0. The Morgan fingerprint density at radius 3 is 2.42 bits per heavy atom. The molecule has 6 nitrogen and oxygen atoms in total. The zero-order chi connectivity index (χ0) is 13.7. The molecule has 0 aliphatic carbocycles. The number of rotatable bonds is 4. The Labute approximate surface area is 117 Å². The Kier molecular flexibility index (Phi) is 4.19. The predicted molar refractivity (Wildman–Crippen MR) is 76.4 cm³/mol. The smallest absolute Gasteiger partial charge is 0.269 e. The van der Waals surface area contributed by atoms with Gasteiger partial charge in [0.05, 0.1) is 10.6 Å². The van der Waals surface area contributed by atoms with Crippen molar-refractivity contribution in [1.82, 2.24) is 4.98 Å². The number of halogens is 1. The topological polar surface area (TPSA) is 80.4 Å². The van der Waals surface area contributed by atoms with E-state index in [1.54, 1.807) is 24.5 Å². The van der Waals surface area contributed by atoms with E-state index < -0.39 is 4.92 Å². The molecule has 2 aromatic rings. The van der Waals surface area contributed by atoms with Gasteiger partial charge in [-0.15, -0.1) is 0 Å². The van der Waals surface area contributed by atoms with Crippen LogP contribution in [0.3, 0.4) is 0 Å². The molecule has 0 spiro atoms. The average molecular weight is 321 g/mol. The third kappa shape index (κ3) is 3.59. The maximum atomic E-state index is 10.5. The van der Waals surface area contributed by atoms with Gasteiger partial charge in [0.1, 0.15) is 4.62 Å². The van der Waals surface area contributed by atoms with E-state index in [0.717, 1.165) is 5.56 Å². The Balaban J connectivity index is 2.08. The summed E-state index contributed by atoms with van der Waals surface area (Å²) >= 11 is 3.33. The molecule has 0 aliphatic heterocycles. The molecule has 0 radical (unpaired) electrons. The van der Waals surface area contributed by atoms with Gasteiger partial charge in [0.2, 0.25) is 0 Å². The summed E-state index contributed by atoms with van der Waals surface area (Å²) < 4.78 is 0.619. The molecule has 1 aromatic heterocycles. The Morgan fingerprint density at radius 2 is 1.84 bits per heavy atom. The van der Waals surface area contributed by atoms with E-state index in [1.165, 1.54) is 12.1 Å². The highest BCUT2D eigenvalue weighted by atomic mass is 79.9. The van der Waals surface area contributed by atoms with Crippen LogP contribution in [0.1, 0.15) is 5.56 Å². The van der Waals surface area contributed by atoms with E-state index in [2.05, 4.69) is 31.4 Å². The highest BCUT2D eigenvalue weighted by Gasteiger charge is 2.03. The lowest BCUT2D eigenvalue weighted by molar-refractivity contribution is -0.384. The molecular formula is C12H9BrN4O2. The number of nitro groups is 1. The highest BCUT2D eigenvalue weighted by molar-refractivity contribution is 9.18. The molecule has 0 unspecified atom stereocenters. The molecule has 1 aromatic carbocycles. The molecule has 1 N–H and O–H groups in total. The van der Waals surface area contributed by atoms with E-state index in [0.29, 0.717) is 10.3 Å². The maximum absolute atomic E-state index is 10.5. The first-order valence-electron chi connectivity index (χ1n) is 5.31. The van der Waals surface area contributed by atoms with E-state index in [-0.39, 0.29) is 5.69 Å². The van der Waals surface area contributed by atoms with Gasteiger partial charge in [0, 0.05) is 30.1 Å². The fraction of sp³-hybridized carbons (Fsp3) is 0. The van der Waals surface area contributed by atoms with Gasteiger partial charge in [-0.05, 0) is 40.2 Å². The van der Waals surface area contributed by atoms with E-state index in [1.807, 2.05) is 12.1 Å². The van der Waals surface area contributed by atoms with E-state index in [4.69, 9.17) is 0 Å². The standard InChI is InChI=1S/C12H9BrN4O2/c13-12(9-5-7-14-8-6-9)16-15-10-1-3-11(4-2-10)17(18)19/h1-8,15H. The summed E-state index contributed by atoms with van der Waals surface area (Å²) in [5.41, 5.74) is 4.39. The van der Waals surface area contributed by atoms with Crippen molar-refractivity contribution in [3.05, 3.63) is 64.5 Å². The molecule has 0 bridgehead atoms. The number of hydrogen-bond acceptors (Lipinski definition) is 5. The normalized spacial score (nSPS) is 11.1. The van der Waals surface area contributed by atoms with Crippen LogP contribution < -0.4 is 5.43 Å². The van der Waals surface area contributed by atoms with E-state index in [9.17, 15) is 10.1 Å². The second-order valence-electron chi connectivity index (χ2n) is 3.55. The Bertz CT molecular complexity index is 599. The van der Waals surface area contributed by atoms with Gasteiger partial charge in [-0.25, -0.2) is 0 Å². The molecule has 19 heavy (non-hydrogen) atoms. The fourth-order valence-electron chi connectivity index (χ4n) is 1.33. The van der Waals surface area contributed by atoms with Crippen molar-refractivity contribution in [2.45, 2.75) is 0 Å². The summed E-state index contributed by atoms with van der Waals surface area (Å²) in [6.45, 7) is 0. The fourth-order valence-corrected chi connectivity index (χ4v) is 1.68. The van der Waals surface area contributed by atoms with Crippen LogP contribution in [0.15, 0.2) is 53.9 Å². The van der Waals surface area contributed by atoms with Crippen LogP contribution in [0.25, 0.3) is 0 Å². The number of non-ortho nitro benzene ring substituents is 1. The predicted octanol–water partition coefficient (Wildman–Crippen LogP) is 3.16. The van der Waals surface area contributed by atoms with Crippen molar-refractivity contribution in [3.8, 4) is 0 Å². The first-order chi connectivity index (χ1) is 9.16. The van der Waals surface area contributed by atoms with Crippen molar-refractivity contribution in [1.29, 1.82) is 0 Å². The van der Waals surface area contributed by atoms with E-state index >= 15 is 0 Å². The van der Waals surface area contributed by atoms with Crippen LogP contribution in [-0.4, -0.2) is 14.5 Å². The van der Waals surface area contributed by atoms with Gasteiger partial charge < -0.3 is 0 Å². The Morgan fingerprint density at radius 1 is 1.21 bits per heavy atom. The molecule has 0 amide bonds. The van der Waals surface area contributed by atoms with Gasteiger partial charge in [-0.2, -0.15) is 5.10 Å². The lowest BCUT2D eigenvalue weighted by Gasteiger charge is -2.02. The number of anilines is 1. The number of nitrogens with zero attached hydrogens (tertiary/aromatic N) is 3. The van der Waals surface area contributed by atoms with Crippen molar-refractivity contribution in [2.75, 3.05) is 5.43 Å². The van der Waals surface area contributed by atoms with Crippen LogP contribution in [-0.2, 0) is 0 Å². The first-order valence-corrected chi connectivity index (χ1v) is 6.10. The minimum atomic E-state index is -0.445. The average Bonchev–Trinajstić information content (AvgIpc) is 2.46. The largest absolute Gasteiger partial charge is 0.277 e. The summed E-state index contributed by atoms with van der Waals surface area (Å²) in [6, 6.07) is 9.63. The number of aromatic nitrogens is 1. The second-order valence-corrected chi connectivity index (χ2v) is 4.31. The zero-order valence-corrected chi connectivity index (χ0v) is 11.2. The van der Waals surface area contributed by atoms with Crippen molar-refractivity contribution in [2.24, 2.45) is 5.10 Å². The number of hydrazone groups is 1. The molecular weight excluding hydrogens is 312 g/mol. The number of nitrogens with one attached hydrogen (secondary N) is 1. The molecule has 0 fully saturated rings. The lowest BCUT2D eigenvalue weighted by atomic mass is 10.3. The van der Waals surface area contributed by atoms with Crippen LogP contribution in [0, 0.1) is 10.1 Å². The maximum Gasteiger partial charge on any atom is 0.269 e. The molecule has 0 atom stereocenters. The van der Waals surface area contributed by atoms with Crippen molar-refractivity contribution in [3.63, 3.8) is 0 Å². The summed E-state index contributed by atoms with van der Waals surface area (Å²) in [5.74, 6) is 0. The SMILES string of the molecule is O=[N+]([O-])c1ccc(NN=C(Br)c2ccncc2)cc1. The van der Waals surface area contributed by atoms with Gasteiger partial charge in [0.15, 0.2) is 0 Å². The Hall–Kier alpha value is -2.28. The summed E-state index contributed by atoms with van der Waals surface area (Å²) in [7, 11) is 0. The minimum absolute atomic E-state index is 0.0442. The molecule has 7 heteroatoms. The monoisotopic (exact) mass is 320 g/mol. The van der Waals surface area contributed by atoms with Crippen LogP contribution in [0.4, 0.5) is 11.4 Å². The number of pyridine rings is 1. The molecule has 0 saturated heterocycles. The van der Waals surface area contributed by atoms with Gasteiger partial charge in [-0.3, -0.25) is 20.5 Å². The third-order valence-electron chi connectivity index (χ3n) is 2.28. The van der Waals surface area contributed by atoms with Crippen LogP contribution >= 0.6 is 15.9 Å². The lowest BCUT2D eigenvalue weighted by Crippen LogP contribution is -1.97. The number of hydrogen-bond donors (Lipinski definition) is 1. The van der Waals surface area contributed by atoms with Crippen LogP contribution in [0.2, 0.25) is 0 Å². The number of benzene rings is 1. The first kappa shape index (κ1) is 13.2.